The number of amides is 1. The average Bonchev–Trinajstić information content (AvgIpc) is 2.24. The molecular formula is C15H30N2O. The maximum absolute atomic E-state index is 12.1. The van der Waals surface area contributed by atoms with Crippen LogP contribution in [0, 0.1) is 5.41 Å². The highest BCUT2D eigenvalue weighted by atomic mass is 16.2. The van der Waals surface area contributed by atoms with Gasteiger partial charge in [0.1, 0.15) is 0 Å². The van der Waals surface area contributed by atoms with Crippen molar-refractivity contribution in [3.63, 3.8) is 0 Å². The van der Waals surface area contributed by atoms with E-state index in [1.54, 1.807) is 0 Å². The van der Waals surface area contributed by atoms with E-state index in [-0.39, 0.29) is 11.0 Å². The minimum atomic E-state index is 0.223. The normalized spacial score (nSPS) is 19.1. The second-order valence-electron chi connectivity index (χ2n) is 7.60. The van der Waals surface area contributed by atoms with Crippen molar-refractivity contribution in [2.75, 3.05) is 26.2 Å². The van der Waals surface area contributed by atoms with Gasteiger partial charge in [-0.25, -0.2) is 0 Å². The average molecular weight is 254 g/mol. The zero-order valence-corrected chi connectivity index (χ0v) is 13.0. The lowest BCUT2D eigenvalue weighted by Crippen LogP contribution is -2.54. The predicted octanol–water partition coefficient (Wildman–Crippen LogP) is 2.76. The monoisotopic (exact) mass is 254 g/mol. The molecular weight excluding hydrogens is 224 g/mol. The Morgan fingerprint density at radius 2 is 1.44 bits per heavy atom. The highest BCUT2D eigenvalue weighted by Crippen LogP contribution is 2.22. The van der Waals surface area contributed by atoms with E-state index < -0.39 is 0 Å². The Hall–Kier alpha value is -0.570. The third-order valence-electron chi connectivity index (χ3n) is 3.67. The Labute approximate surface area is 113 Å². The molecule has 1 saturated heterocycles. The van der Waals surface area contributed by atoms with Crippen LogP contribution in [0.25, 0.3) is 0 Å². The Morgan fingerprint density at radius 3 is 1.83 bits per heavy atom. The molecule has 3 heteroatoms. The van der Waals surface area contributed by atoms with Crippen LogP contribution in [0.4, 0.5) is 0 Å². The molecule has 0 aromatic rings. The van der Waals surface area contributed by atoms with Crippen molar-refractivity contribution in [1.29, 1.82) is 0 Å². The highest BCUT2D eigenvalue weighted by molar-refractivity contribution is 5.76. The van der Waals surface area contributed by atoms with Gasteiger partial charge in [-0.3, -0.25) is 9.69 Å². The first-order valence-corrected chi connectivity index (χ1v) is 7.12. The second kappa shape index (κ2) is 5.60. The zero-order chi connectivity index (χ0) is 14.0. The van der Waals surface area contributed by atoms with Gasteiger partial charge in [0, 0.05) is 38.1 Å². The quantitative estimate of drug-likeness (QED) is 0.756. The summed E-state index contributed by atoms with van der Waals surface area (Å²) >= 11 is 0. The summed E-state index contributed by atoms with van der Waals surface area (Å²) in [4.78, 5) is 16.6. The van der Waals surface area contributed by atoms with Gasteiger partial charge in [-0.1, -0.05) is 20.8 Å². The van der Waals surface area contributed by atoms with E-state index in [2.05, 4.69) is 46.4 Å². The van der Waals surface area contributed by atoms with E-state index in [0.29, 0.717) is 12.3 Å². The summed E-state index contributed by atoms with van der Waals surface area (Å²) in [6.07, 6.45) is 1.67. The fourth-order valence-corrected chi connectivity index (χ4v) is 2.27. The molecule has 1 rings (SSSR count). The van der Waals surface area contributed by atoms with Gasteiger partial charge in [0.25, 0.3) is 0 Å². The predicted molar refractivity (Wildman–Crippen MR) is 76.6 cm³/mol. The van der Waals surface area contributed by atoms with Crippen LogP contribution in [0.15, 0.2) is 0 Å². The number of piperazine rings is 1. The minimum Gasteiger partial charge on any atom is -0.340 e. The summed E-state index contributed by atoms with van der Waals surface area (Å²) in [6.45, 7) is 17.1. The molecule has 0 aliphatic carbocycles. The van der Waals surface area contributed by atoms with Gasteiger partial charge in [-0.05, 0) is 32.6 Å². The SMILES string of the molecule is CC(C)(C)CCC(=O)N1CCN(C(C)(C)C)CC1. The summed E-state index contributed by atoms with van der Waals surface area (Å²) in [7, 11) is 0. The lowest BCUT2D eigenvalue weighted by Gasteiger charge is -2.42. The van der Waals surface area contributed by atoms with Crippen LogP contribution in [0.3, 0.4) is 0 Å². The van der Waals surface area contributed by atoms with Crippen LogP contribution in [0.5, 0.6) is 0 Å². The first-order valence-electron chi connectivity index (χ1n) is 7.12. The molecule has 1 amide bonds. The molecule has 106 valence electrons. The van der Waals surface area contributed by atoms with Crippen LogP contribution in [0.2, 0.25) is 0 Å². The second-order valence-corrected chi connectivity index (χ2v) is 7.60. The lowest BCUT2D eigenvalue weighted by atomic mass is 9.90. The van der Waals surface area contributed by atoms with Crippen molar-refractivity contribution >= 4 is 5.91 Å². The summed E-state index contributed by atoms with van der Waals surface area (Å²) in [6, 6.07) is 0. The van der Waals surface area contributed by atoms with E-state index in [9.17, 15) is 4.79 Å². The third-order valence-corrected chi connectivity index (χ3v) is 3.67. The number of hydrogen-bond acceptors (Lipinski definition) is 2. The Bertz CT molecular complexity index is 278. The topological polar surface area (TPSA) is 23.6 Å². The van der Waals surface area contributed by atoms with Crippen LogP contribution in [-0.4, -0.2) is 47.4 Å². The van der Waals surface area contributed by atoms with Crippen molar-refractivity contribution in [3.05, 3.63) is 0 Å². The number of rotatable bonds is 2. The molecule has 1 aliphatic rings. The summed E-state index contributed by atoms with van der Waals surface area (Å²) < 4.78 is 0. The van der Waals surface area contributed by atoms with Crippen molar-refractivity contribution in [1.82, 2.24) is 9.80 Å². The van der Waals surface area contributed by atoms with Crippen molar-refractivity contribution < 1.29 is 4.79 Å². The molecule has 1 fully saturated rings. The third kappa shape index (κ3) is 4.97. The maximum Gasteiger partial charge on any atom is 0.222 e. The Morgan fingerprint density at radius 1 is 0.944 bits per heavy atom. The van der Waals surface area contributed by atoms with Gasteiger partial charge in [0.15, 0.2) is 0 Å². The summed E-state index contributed by atoms with van der Waals surface area (Å²) in [5, 5.41) is 0. The molecule has 0 spiro atoms. The highest BCUT2D eigenvalue weighted by Gasteiger charge is 2.27. The molecule has 1 aliphatic heterocycles. The first-order chi connectivity index (χ1) is 8.09. The van der Waals surface area contributed by atoms with Gasteiger partial charge >= 0.3 is 0 Å². The van der Waals surface area contributed by atoms with E-state index in [0.717, 1.165) is 32.6 Å². The standard InChI is InChI=1S/C15H30N2O/c1-14(2,3)8-7-13(18)16-9-11-17(12-10-16)15(4,5)6/h7-12H2,1-6H3. The van der Waals surface area contributed by atoms with Gasteiger partial charge < -0.3 is 4.90 Å². The van der Waals surface area contributed by atoms with Gasteiger partial charge in [0.2, 0.25) is 5.91 Å². The number of nitrogens with zero attached hydrogens (tertiary/aromatic N) is 2. The van der Waals surface area contributed by atoms with Crippen LogP contribution < -0.4 is 0 Å². The van der Waals surface area contributed by atoms with E-state index in [1.807, 2.05) is 4.90 Å². The van der Waals surface area contributed by atoms with Crippen molar-refractivity contribution in [3.8, 4) is 0 Å². The zero-order valence-electron chi connectivity index (χ0n) is 13.0. The van der Waals surface area contributed by atoms with E-state index in [4.69, 9.17) is 0 Å². The first kappa shape index (κ1) is 15.5. The summed E-state index contributed by atoms with van der Waals surface area (Å²) in [5.74, 6) is 0.332. The molecule has 0 aromatic carbocycles. The minimum absolute atomic E-state index is 0.223. The number of carbonyl (C=O) groups is 1. The van der Waals surface area contributed by atoms with Crippen LogP contribution >= 0.6 is 0 Å². The van der Waals surface area contributed by atoms with E-state index in [1.165, 1.54) is 0 Å². The molecule has 0 unspecified atom stereocenters. The molecule has 0 atom stereocenters. The summed E-state index contributed by atoms with van der Waals surface area (Å²) in [5.41, 5.74) is 0.476. The molecule has 0 radical (unpaired) electrons. The number of carbonyl (C=O) groups excluding carboxylic acids is 1. The molecule has 0 N–H and O–H groups in total. The maximum atomic E-state index is 12.1. The van der Waals surface area contributed by atoms with Crippen LogP contribution in [0.1, 0.15) is 54.4 Å². The largest absolute Gasteiger partial charge is 0.340 e. The molecule has 0 aromatic heterocycles. The molecule has 0 saturated carbocycles. The lowest BCUT2D eigenvalue weighted by molar-refractivity contribution is -0.134. The smallest absolute Gasteiger partial charge is 0.222 e. The van der Waals surface area contributed by atoms with Crippen molar-refractivity contribution in [2.24, 2.45) is 5.41 Å². The fraction of sp³-hybridized carbons (Fsp3) is 0.933. The van der Waals surface area contributed by atoms with Crippen molar-refractivity contribution in [2.45, 2.75) is 59.9 Å². The molecule has 1 heterocycles. The molecule has 18 heavy (non-hydrogen) atoms. The number of hydrogen-bond donors (Lipinski definition) is 0. The Balaban J connectivity index is 2.37. The van der Waals surface area contributed by atoms with Crippen LogP contribution in [-0.2, 0) is 4.79 Å². The Kier molecular flexibility index (Phi) is 4.82. The fourth-order valence-electron chi connectivity index (χ4n) is 2.27. The molecule has 0 bridgehead atoms. The van der Waals surface area contributed by atoms with Gasteiger partial charge in [-0.15, -0.1) is 0 Å². The van der Waals surface area contributed by atoms with Gasteiger partial charge in [0.05, 0.1) is 0 Å². The van der Waals surface area contributed by atoms with E-state index >= 15 is 0 Å². The van der Waals surface area contributed by atoms with Gasteiger partial charge in [-0.2, -0.15) is 0 Å². The molecule has 3 nitrogen and oxygen atoms in total.